The highest BCUT2D eigenvalue weighted by atomic mass is 16.6. The Bertz CT molecular complexity index is 294. The molecule has 0 bridgehead atoms. The Hall–Kier alpha value is -2.29. The van der Waals surface area contributed by atoms with E-state index in [-0.39, 0.29) is 13.2 Å². The molecule has 0 N–H and O–H groups in total. The van der Waals surface area contributed by atoms with Gasteiger partial charge in [0.1, 0.15) is 13.2 Å². The van der Waals surface area contributed by atoms with Gasteiger partial charge in [-0.15, -0.1) is 0 Å². The topological polar surface area (TPSA) is 85.6 Å². The molecule has 0 radical (unpaired) electrons. The lowest BCUT2D eigenvalue weighted by molar-refractivity contribution is -0.146. The second-order valence-corrected chi connectivity index (χ2v) is 2.50. The molecule has 86 valence electrons. The summed E-state index contributed by atoms with van der Waals surface area (Å²) in [5, 5.41) is 8.29. The molecule has 0 rings (SSSR count). The van der Waals surface area contributed by atoms with Crippen LogP contribution in [0.25, 0.3) is 0 Å². The fraction of sp³-hybridized carbons (Fsp3) is 0.300. The van der Waals surface area contributed by atoms with E-state index in [4.69, 9.17) is 5.26 Å². The van der Waals surface area contributed by atoms with Crippen LogP contribution in [0.5, 0.6) is 0 Å². The van der Waals surface area contributed by atoms with Gasteiger partial charge in [-0.05, 0) is 0 Å². The van der Waals surface area contributed by atoms with E-state index in [9.17, 15) is 9.59 Å². The lowest BCUT2D eigenvalue weighted by atomic mass is 10.4. The number of nitrogens with zero attached hydrogens (tertiary/aromatic N) is 1. The summed E-state index contributed by atoms with van der Waals surface area (Å²) in [7, 11) is 0. The molecule has 0 saturated heterocycles. The lowest BCUT2D eigenvalue weighted by Crippen LogP contribution is -2.26. The van der Waals surface area contributed by atoms with Crippen molar-refractivity contribution in [2.24, 2.45) is 0 Å². The predicted octanol–water partition coefficient (Wildman–Crippen LogP) is 0.311. The van der Waals surface area contributed by atoms with E-state index in [0.29, 0.717) is 0 Å². The van der Waals surface area contributed by atoms with Gasteiger partial charge in [0.25, 0.3) is 6.26 Å². The Labute approximate surface area is 92.7 Å². The Morgan fingerprint density at radius 2 is 1.62 bits per heavy atom. The monoisotopic (exact) mass is 225 g/mol. The summed E-state index contributed by atoms with van der Waals surface area (Å²) in [5.74, 6) is -1.30. The lowest BCUT2D eigenvalue weighted by Gasteiger charge is -2.12. The van der Waals surface area contributed by atoms with Crippen LogP contribution in [0.1, 0.15) is 0 Å². The highest BCUT2D eigenvalue weighted by Gasteiger charge is 2.14. The zero-order valence-electron chi connectivity index (χ0n) is 8.55. The molecule has 6 heteroatoms. The average Bonchev–Trinajstić information content (AvgIpc) is 2.31. The average molecular weight is 225 g/mol. The van der Waals surface area contributed by atoms with Gasteiger partial charge in [-0.3, -0.25) is 0 Å². The number of carbonyl (C=O) groups excluding carboxylic acids is 2. The number of esters is 2. The molecular formula is C10H11NO5. The molecule has 0 unspecified atom stereocenters. The summed E-state index contributed by atoms with van der Waals surface area (Å²) in [5.41, 5.74) is 0. The van der Waals surface area contributed by atoms with Gasteiger partial charge in [-0.1, -0.05) is 13.2 Å². The van der Waals surface area contributed by atoms with Crippen LogP contribution >= 0.6 is 0 Å². The Morgan fingerprint density at radius 3 is 1.94 bits per heavy atom. The third kappa shape index (κ3) is 6.21. The summed E-state index contributed by atoms with van der Waals surface area (Å²) in [6, 6.07) is 0. The second kappa shape index (κ2) is 8.05. The molecule has 0 heterocycles. The van der Waals surface area contributed by atoms with Crippen LogP contribution in [0.15, 0.2) is 25.3 Å². The maximum Gasteiger partial charge on any atom is 0.330 e. The van der Waals surface area contributed by atoms with Crippen LogP contribution < -0.4 is 0 Å². The molecule has 0 aliphatic rings. The first kappa shape index (κ1) is 13.7. The minimum atomic E-state index is -0.835. The minimum Gasteiger partial charge on any atom is -0.458 e. The van der Waals surface area contributed by atoms with Gasteiger partial charge in [-0.25, -0.2) is 9.59 Å². The molecule has 0 spiro atoms. The van der Waals surface area contributed by atoms with Crippen LogP contribution in [-0.4, -0.2) is 31.3 Å². The van der Waals surface area contributed by atoms with Crippen LogP contribution in [0.4, 0.5) is 0 Å². The molecule has 0 saturated carbocycles. The van der Waals surface area contributed by atoms with Gasteiger partial charge < -0.3 is 14.2 Å². The summed E-state index contributed by atoms with van der Waals surface area (Å²) >= 11 is 0. The van der Waals surface area contributed by atoms with Crippen molar-refractivity contribution in [1.29, 1.82) is 5.26 Å². The number of rotatable bonds is 7. The molecule has 0 aromatic heterocycles. The standard InChI is InChI=1S/C10H11NO5/c1-3-9(12)14-5-8(16-7-11)6-15-10(13)4-2/h3-4,8H,1-2,5-6H2. The van der Waals surface area contributed by atoms with Crippen molar-refractivity contribution in [2.45, 2.75) is 6.10 Å². The fourth-order valence-corrected chi connectivity index (χ4v) is 0.659. The number of hydrogen-bond donors (Lipinski definition) is 0. The van der Waals surface area contributed by atoms with Crippen LogP contribution in [0, 0.1) is 11.5 Å². The Balaban J connectivity index is 4.02. The van der Waals surface area contributed by atoms with Crippen molar-refractivity contribution in [3.63, 3.8) is 0 Å². The fourth-order valence-electron chi connectivity index (χ4n) is 0.659. The first-order chi connectivity index (χ1) is 7.63. The Morgan fingerprint density at radius 1 is 1.19 bits per heavy atom. The summed E-state index contributed by atoms with van der Waals surface area (Å²) in [6.45, 7) is 5.98. The van der Waals surface area contributed by atoms with E-state index < -0.39 is 18.0 Å². The third-order valence-corrected chi connectivity index (χ3v) is 1.38. The predicted molar refractivity (Wildman–Crippen MR) is 52.8 cm³/mol. The second-order valence-electron chi connectivity index (χ2n) is 2.50. The number of hydrogen-bond acceptors (Lipinski definition) is 6. The van der Waals surface area contributed by atoms with E-state index in [1.807, 2.05) is 0 Å². The largest absolute Gasteiger partial charge is 0.458 e. The molecule has 0 aromatic carbocycles. The van der Waals surface area contributed by atoms with Crippen molar-refractivity contribution in [2.75, 3.05) is 13.2 Å². The zero-order valence-corrected chi connectivity index (χ0v) is 8.55. The van der Waals surface area contributed by atoms with Gasteiger partial charge in [0.15, 0.2) is 6.10 Å². The first-order valence-electron chi connectivity index (χ1n) is 4.27. The molecule has 0 amide bonds. The van der Waals surface area contributed by atoms with Crippen molar-refractivity contribution >= 4 is 11.9 Å². The van der Waals surface area contributed by atoms with Crippen molar-refractivity contribution in [3.05, 3.63) is 25.3 Å². The molecule has 16 heavy (non-hydrogen) atoms. The van der Waals surface area contributed by atoms with Gasteiger partial charge in [0.05, 0.1) is 0 Å². The minimum absolute atomic E-state index is 0.206. The van der Waals surface area contributed by atoms with Crippen molar-refractivity contribution in [3.8, 4) is 6.26 Å². The summed E-state index contributed by atoms with van der Waals surface area (Å²) in [6.07, 6.45) is 2.52. The molecule has 0 atom stereocenters. The zero-order chi connectivity index (χ0) is 12.4. The molecule has 0 aliphatic heterocycles. The first-order valence-corrected chi connectivity index (χ1v) is 4.27. The molecule has 0 aliphatic carbocycles. The van der Waals surface area contributed by atoms with Crippen LogP contribution in [0.2, 0.25) is 0 Å². The molecule has 0 fully saturated rings. The molecule has 0 aromatic rings. The molecule has 6 nitrogen and oxygen atoms in total. The summed E-state index contributed by atoms with van der Waals surface area (Å²) < 4.78 is 13.8. The SMILES string of the molecule is C=CC(=O)OCC(COC(=O)C=C)OC#N. The van der Waals surface area contributed by atoms with E-state index >= 15 is 0 Å². The maximum absolute atomic E-state index is 10.7. The van der Waals surface area contributed by atoms with Gasteiger partial charge in [0.2, 0.25) is 0 Å². The van der Waals surface area contributed by atoms with Gasteiger partial charge in [-0.2, -0.15) is 5.26 Å². The van der Waals surface area contributed by atoms with Crippen LogP contribution in [-0.2, 0) is 23.8 Å². The molecular weight excluding hydrogens is 214 g/mol. The normalized spacial score (nSPS) is 8.75. The Kier molecular flexibility index (Phi) is 6.90. The number of carbonyl (C=O) groups is 2. The van der Waals surface area contributed by atoms with Crippen molar-refractivity contribution in [1.82, 2.24) is 0 Å². The van der Waals surface area contributed by atoms with Gasteiger partial charge in [0, 0.05) is 12.2 Å². The van der Waals surface area contributed by atoms with E-state index in [0.717, 1.165) is 12.2 Å². The highest BCUT2D eigenvalue weighted by Crippen LogP contribution is 1.96. The van der Waals surface area contributed by atoms with E-state index in [2.05, 4.69) is 27.4 Å². The summed E-state index contributed by atoms with van der Waals surface area (Å²) in [4.78, 5) is 21.4. The number of ether oxygens (including phenoxy) is 3. The van der Waals surface area contributed by atoms with Crippen molar-refractivity contribution < 1.29 is 23.8 Å². The van der Waals surface area contributed by atoms with Gasteiger partial charge >= 0.3 is 11.9 Å². The van der Waals surface area contributed by atoms with Crippen LogP contribution in [0.3, 0.4) is 0 Å². The van der Waals surface area contributed by atoms with E-state index in [1.54, 1.807) is 0 Å². The number of nitriles is 1. The van der Waals surface area contributed by atoms with E-state index in [1.165, 1.54) is 6.26 Å². The highest BCUT2D eigenvalue weighted by molar-refractivity contribution is 5.81. The smallest absolute Gasteiger partial charge is 0.330 e. The quantitative estimate of drug-likeness (QED) is 0.352. The third-order valence-electron chi connectivity index (χ3n) is 1.38. The maximum atomic E-state index is 10.7.